The van der Waals surface area contributed by atoms with Crippen molar-refractivity contribution in [2.24, 2.45) is 0 Å². The van der Waals surface area contributed by atoms with Gasteiger partial charge in [-0.25, -0.2) is 13.4 Å². The number of methoxy groups -OCH3 is 1. The molecule has 3 aromatic rings. The number of nitrogens with zero attached hydrogens (tertiary/aromatic N) is 4. The number of nitrogens with one attached hydrogen (secondary N) is 2. The third kappa shape index (κ3) is 7.35. The maximum atomic E-state index is 13.3. The number of hydrogen-bond donors (Lipinski definition) is 2. The zero-order valence-corrected chi connectivity index (χ0v) is 27.2. The van der Waals surface area contributed by atoms with Gasteiger partial charge in [-0.1, -0.05) is 18.2 Å². The average Bonchev–Trinajstić information content (AvgIpc) is 3.01. The van der Waals surface area contributed by atoms with Gasteiger partial charge >= 0.3 is 0 Å². The van der Waals surface area contributed by atoms with E-state index in [2.05, 4.69) is 46.0 Å². The lowest BCUT2D eigenvalue weighted by atomic mass is 9.98. The number of aryl methyl sites for hydroxylation is 1. The first-order chi connectivity index (χ1) is 21.0. The van der Waals surface area contributed by atoms with E-state index in [-0.39, 0.29) is 10.8 Å². The number of ether oxygens (including phenoxy) is 1. The van der Waals surface area contributed by atoms with E-state index in [1.807, 2.05) is 36.2 Å². The Labute approximate surface area is 261 Å². The number of benzene rings is 3. The number of hydrogen-bond acceptors (Lipinski definition) is 8. The fraction of sp³-hybridized carbons (Fsp3) is 0.424. The van der Waals surface area contributed by atoms with Gasteiger partial charge in [0.15, 0.2) is 0 Å². The Morgan fingerprint density at radius 2 is 1.59 bits per heavy atom. The number of likely N-dealkylation sites (N-methyl/N-ethyl adjacent to an activating group) is 1. The van der Waals surface area contributed by atoms with E-state index in [0.717, 1.165) is 74.5 Å². The van der Waals surface area contributed by atoms with Gasteiger partial charge in [-0.05, 0) is 100 Å². The Hall–Kier alpha value is -3.64. The summed E-state index contributed by atoms with van der Waals surface area (Å²) in [6, 6.07) is 18.3. The molecule has 2 fully saturated rings. The lowest BCUT2D eigenvalue weighted by molar-refractivity contribution is 0.0661. The molecule has 0 radical (unpaired) electrons. The smallest absolute Gasteiger partial charge is 0.265 e. The first-order valence-electron chi connectivity index (χ1n) is 15.1. The van der Waals surface area contributed by atoms with Crippen LogP contribution >= 0.6 is 0 Å². The van der Waals surface area contributed by atoms with Gasteiger partial charge in [0.2, 0.25) is 0 Å². The minimum absolute atomic E-state index is 0.121. The highest BCUT2D eigenvalue weighted by Crippen LogP contribution is 2.33. The molecule has 10 nitrogen and oxygen atoms in total. The maximum Gasteiger partial charge on any atom is 0.265 e. The predicted molar refractivity (Wildman–Crippen MR) is 176 cm³/mol. The number of carbonyl (C=O) groups excluding carboxylic acids is 1. The van der Waals surface area contributed by atoms with Gasteiger partial charge < -0.3 is 19.4 Å². The van der Waals surface area contributed by atoms with Crippen LogP contribution in [0.4, 0.5) is 11.4 Å². The Bertz CT molecular complexity index is 1560. The van der Waals surface area contributed by atoms with Crippen LogP contribution < -0.4 is 19.8 Å². The van der Waals surface area contributed by atoms with E-state index in [1.54, 1.807) is 43.5 Å². The highest BCUT2D eigenvalue weighted by molar-refractivity contribution is 7.92. The summed E-state index contributed by atoms with van der Waals surface area (Å²) in [4.78, 5) is 19.8. The molecule has 3 aromatic carbocycles. The number of piperazine rings is 1. The molecular formula is C33H44N6O4S. The summed E-state index contributed by atoms with van der Waals surface area (Å²) in [5.41, 5.74) is 7.75. The van der Waals surface area contributed by atoms with Gasteiger partial charge in [0, 0.05) is 50.9 Å². The van der Waals surface area contributed by atoms with Gasteiger partial charge in [0.05, 0.1) is 23.4 Å². The van der Waals surface area contributed by atoms with Crippen molar-refractivity contribution < 1.29 is 17.9 Å². The van der Waals surface area contributed by atoms with Crippen LogP contribution in [0.2, 0.25) is 0 Å². The quantitative estimate of drug-likeness (QED) is 0.372. The molecule has 236 valence electrons. The standard InChI is InChI=1S/C33H44N6O4S/c1-24-22-26(33(40)34-39-16-14-28(15-17-39)36(2)3)8-12-30(24)25-6-10-29(11-7-25)44(41,42)35-27-9-13-32(43-5)31(23-27)38-20-18-37(4)19-21-38/h6-13,22-23,28,35H,14-21H2,1-5H3,(H,34,40). The molecule has 5 rings (SSSR count). The molecule has 2 saturated heterocycles. The number of carbonyl (C=O) groups is 1. The van der Waals surface area contributed by atoms with Crippen LogP contribution in [0.15, 0.2) is 65.6 Å². The van der Waals surface area contributed by atoms with Crippen LogP contribution in [-0.4, -0.2) is 103 Å². The largest absolute Gasteiger partial charge is 0.495 e. The van der Waals surface area contributed by atoms with E-state index in [9.17, 15) is 13.2 Å². The molecule has 2 aliphatic heterocycles. The molecule has 2 aliphatic rings. The van der Waals surface area contributed by atoms with E-state index in [4.69, 9.17) is 4.74 Å². The third-order valence-electron chi connectivity index (χ3n) is 8.69. The van der Waals surface area contributed by atoms with Crippen molar-refractivity contribution in [2.45, 2.75) is 30.7 Å². The van der Waals surface area contributed by atoms with Crippen molar-refractivity contribution in [3.8, 4) is 16.9 Å². The fourth-order valence-electron chi connectivity index (χ4n) is 5.91. The van der Waals surface area contributed by atoms with Crippen molar-refractivity contribution in [3.63, 3.8) is 0 Å². The first kappa shape index (κ1) is 31.8. The zero-order chi connectivity index (χ0) is 31.4. The van der Waals surface area contributed by atoms with Crippen molar-refractivity contribution in [1.29, 1.82) is 0 Å². The lowest BCUT2D eigenvalue weighted by Gasteiger charge is -2.35. The molecule has 0 unspecified atom stereocenters. The van der Waals surface area contributed by atoms with Crippen LogP contribution in [-0.2, 0) is 10.0 Å². The molecule has 0 bridgehead atoms. The average molecular weight is 621 g/mol. The SMILES string of the molecule is COc1ccc(NS(=O)(=O)c2ccc(-c3ccc(C(=O)NN4CCC(N(C)C)CC4)cc3C)cc2)cc1N1CCN(C)CC1. The summed E-state index contributed by atoms with van der Waals surface area (Å²) < 4.78 is 34.9. The molecule has 0 saturated carbocycles. The summed E-state index contributed by atoms with van der Waals surface area (Å²) in [6.45, 7) is 7.14. The van der Waals surface area contributed by atoms with E-state index < -0.39 is 10.0 Å². The zero-order valence-electron chi connectivity index (χ0n) is 26.3. The van der Waals surface area contributed by atoms with Gasteiger partial charge in [0.25, 0.3) is 15.9 Å². The summed E-state index contributed by atoms with van der Waals surface area (Å²) >= 11 is 0. The molecule has 0 spiro atoms. The van der Waals surface area contributed by atoms with Crippen LogP contribution in [0.1, 0.15) is 28.8 Å². The normalized spacial score (nSPS) is 17.1. The number of amides is 1. The van der Waals surface area contributed by atoms with Crippen LogP contribution in [0.3, 0.4) is 0 Å². The van der Waals surface area contributed by atoms with E-state index in [1.165, 1.54) is 0 Å². The highest BCUT2D eigenvalue weighted by atomic mass is 32.2. The van der Waals surface area contributed by atoms with Gasteiger partial charge in [-0.15, -0.1) is 0 Å². The van der Waals surface area contributed by atoms with Crippen LogP contribution in [0.25, 0.3) is 11.1 Å². The number of sulfonamides is 1. The van der Waals surface area contributed by atoms with Gasteiger partial charge in [-0.3, -0.25) is 14.9 Å². The molecule has 2 heterocycles. The predicted octanol–water partition coefficient (Wildman–Crippen LogP) is 3.89. The molecule has 0 aromatic heterocycles. The molecule has 0 atom stereocenters. The topological polar surface area (TPSA) is 97.5 Å². The molecule has 44 heavy (non-hydrogen) atoms. The summed E-state index contributed by atoms with van der Waals surface area (Å²) in [5.74, 6) is 0.593. The first-order valence-corrected chi connectivity index (χ1v) is 16.6. The second-order valence-electron chi connectivity index (χ2n) is 12.0. The molecule has 0 aliphatic carbocycles. The Morgan fingerprint density at radius 3 is 2.20 bits per heavy atom. The number of rotatable bonds is 9. The highest BCUT2D eigenvalue weighted by Gasteiger charge is 2.23. The minimum atomic E-state index is -3.82. The third-order valence-corrected chi connectivity index (χ3v) is 10.1. The van der Waals surface area contributed by atoms with Gasteiger partial charge in [-0.2, -0.15) is 0 Å². The minimum Gasteiger partial charge on any atom is -0.495 e. The molecule has 2 N–H and O–H groups in total. The molecule has 1 amide bonds. The van der Waals surface area contributed by atoms with Crippen molar-refractivity contribution in [3.05, 3.63) is 71.8 Å². The van der Waals surface area contributed by atoms with Crippen LogP contribution in [0.5, 0.6) is 5.75 Å². The van der Waals surface area contributed by atoms with Crippen molar-refractivity contribution in [1.82, 2.24) is 20.2 Å². The van der Waals surface area contributed by atoms with E-state index >= 15 is 0 Å². The molecule has 11 heteroatoms. The Balaban J connectivity index is 1.25. The second kappa shape index (κ2) is 13.6. The summed E-state index contributed by atoms with van der Waals surface area (Å²) in [6.07, 6.45) is 2.04. The fourth-order valence-corrected chi connectivity index (χ4v) is 6.96. The molecular weight excluding hydrogens is 576 g/mol. The monoisotopic (exact) mass is 620 g/mol. The summed E-state index contributed by atoms with van der Waals surface area (Å²) in [5, 5.41) is 2.00. The van der Waals surface area contributed by atoms with Gasteiger partial charge in [0.1, 0.15) is 5.75 Å². The maximum absolute atomic E-state index is 13.3. The number of hydrazine groups is 1. The Morgan fingerprint density at radius 1 is 0.909 bits per heavy atom. The Kier molecular flexibility index (Phi) is 9.79. The lowest BCUT2D eigenvalue weighted by Crippen LogP contribution is -2.50. The second-order valence-corrected chi connectivity index (χ2v) is 13.6. The number of piperidine rings is 1. The van der Waals surface area contributed by atoms with Crippen LogP contribution in [0, 0.1) is 6.92 Å². The van der Waals surface area contributed by atoms with E-state index in [0.29, 0.717) is 23.0 Å². The van der Waals surface area contributed by atoms with Crippen molar-refractivity contribution >= 4 is 27.3 Å². The van der Waals surface area contributed by atoms with Crippen molar-refractivity contribution in [2.75, 3.05) is 77.1 Å². The number of anilines is 2. The summed E-state index contributed by atoms with van der Waals surface area (Å²) in [7, 11) is 4.10.